The second-order valence-electron chi connectivity index (χ2n) is 4.85. The van der Waals surface area contributed by atoms with Gasteiger partial charge in [-0.2, -0.15) is 5.10 Å². The molecule has 0 saturated carbocycles. The van der Waals surface area contributed by atoms with Crippen molar-refractivity contribution in [3.8, 4) is 5.75 Å². The minimum absolute atomic E-state index is 0.0476. The molecule has 0 amide bonds. The Bertz CT molecular complexity index is 523. The van der Waals surface area contributed by atoms with Gasteiger partial charge in [0.1, 0.15) is 5.69 Å². The Morgan fingerprint density at radius 1 is 1.45 bits per heavy atom. The van der Waals surface area contributed by atoms with Gasteiger partial charge in [0, 0.05) is 11.4 Å². The van der Waals surface area contributed by atoms with Crippen molar-refractivity contribution in [2.75, 3.05) is 13.7 Å². The van der Waals surface area contributed by atoms with E-state index < -0.39 is 0 Å². The Labute approximate surface area is 123 Å². The molecule has 0 spiro atoms. The maximum Gasteiger partial charge on any atom is 0.162 e. The number of rotatable bonds is 7. The number of nitrogens with zero attached hydrogens (tertiary/aromatic N) is 4. The van der Waals surface area contributed by atoms with Crippen LogP contribution in [0.25, 0.3) is 0 Å². The van der Waals surface area contributed by atoms with Crippen LogP contribution in [-0.4, -0.2) is 33.0 Å². The zero-order valence-electron chi connectivity index (χ0n) is 12.3. The van der Waals surface area contributed by atoms with Gasteiger partial charge >= 0.3 is 0 Å². The lowest BCUT2D eigenvalue weighted by Crippen LogP contribution is -2.27. The molecular weight excluding hydrogens is 274 g/mol. The zero-order chi connectivity index (χ0) is 14.5. The normalized spacial score (nSPS) is 12.8. The van der Waals surface area contributed by atoms with Gasteiger partial charge in [0.25, 0.3) is 0 Å². The molecule has 2 heterocycles. The predicted octanol–water partition coefficient (Wildman–Crippen LogP) is 2.41. The fourth-order valence-electron chi connectivity index (χ4n) is 2.13. The zero-order valence-corrected chi connectivity index (χ0v) is 13.1. The summed E-state index contributed by atoms with van der Waals surface area (Å²) in [6.07, 6.45) is 2.81. The highest BCUT2D eigenvalue weighted by atomic mass is 32.1. The van der Waals surface area contributed by atoms with Crippen LogP contribution in [0.1, 0.15) is 50.7 Å². The Morgan fingerprint density at radius 2 is 2.25 bits per heavy atom. The maximum absolute atomic E-state index is 5.47. The van der Waals surface area contributed by atoms with Crippen LogP contribution in [0.2, 0.25) is 0 Å². The summed E-state index contributed by atoms with van der Waals surface area (Å²) < 4.78 is 11.4. The molecule has 0 aliphatic rings. The van der Waals surface area contributed by atoms with E-state index in [0.717, 1.165) is 30.1 Å². The first-order chi connectivity index (χ1) is 9.69. The molecule has 110 valence electrons. The smallest absolute Gasteiger partial charge is 0.162 e. The summed E-state index contributed by atoms with van der Waals surface area (Å²) in [7, 11) is 1.67. The van der Waals surface area contributed by atoms with Crippen molar-refractivity contribution < 1.29 is 4.74 Å². The summed E-state index contributed by atoms with van der Waals surface area (Å²) in [5, 5.41) is 14.1. The molecule has 0 aliphatic heterocycles. The largest absolute Gasteiger partial charge is 0.493 e. The molecule has 1 unspecified atom stereocenters. The first-order valence-electron chi connectivity index (χ1n) is 6.80. The number of hydrogen-bond acceptors (Lipinski definition) is 6. The van der Waals surface area contributed by atoms with Gasteiger partial charge in [-0.15, -0.1) is 5.10 Å². The minimum atomic E-state index is -0.0476. The van der Waals surface area contributed by atoms with E-state index in [1.807, 2.05) is 10.1 Å². The van der Waals surface area contributed by atoms with Crippen LogP contribution in [0.5, 0.6) is 5.75 Å². The lowest BCUT2D eigenvalue weighted by molar-refractivity contribution is 0.392. The molecular formula is C13H21N5OS. The molecule has 0 bridgehead atoms. The lowest BCUT2D eigenvalue weighted by Gasteiger charge is -2.20. The van der Waals surface area contributed by atoms with Crippen molar-refractivity contribution in [1.29, 1.82) is 0 Å². The number of methoxy groups -OCH3 is 1. The molecule has 7 heteroatoms. The summed E-state index contributed by atoms with van der Waals surface area (Å²) >= 11 is 1.35. The summed E-state index contributed by atoms with van der Waals surface area (Å²) in [6, 6.07) is 0.208. The Hall–Kier alpha value is -1.47. The Kier molecular flexibility index (Phi) is 5.08. The van der Waals surface area contributed by atoms with Gasteiger partial charge in [0.15, 0.2) is 5.75 Å². The fourth-order valence-corrected chi connectivity index (χ4v) is 2.61. The van der Waals surface area contributed by atoms with Crippen LogP contribution in [0, 0.1) is 0 Å². The van der Waals surface area contributed by atoms with Crippen LogP contribution >= 0.6 is 11.5 Å². The van der Waals surface area contributed by atoms with Gasteiger partial charge in [-0.25, -0.2) is 0 Å². The van der Waals surface area contributed by atoms with E-state index in [-0.39, 0.29) is 12.1 Å². The Morgan fingerprint density at radius 3 is 2.80 bits per heavy atom. The summed E-state index contributed by atoms with van der Waals surface area (Å²) in [5.74, 6) is 0.778. The van der Waals surface area contributed by atoms with Crippen LogP contribution in [-0.2, 0) is 0 Å². The number of ether oxygens (including phenoxy) is 1. The van der Waals surface area contributed by atoms with Crippen LogP contribution in [0.15, 0.2) is 11.6 Å². The number of nitrogens with one attached hydrogen (secondary N) is 1. The van der Waals surface area contributed by atoms with E-state index in [2.05, 4.69) is 40.8 Å². The van der Waals surface area contributed by atoms with Crippen molar-refractivity contribution in [2.45, 2.75) is 39.3 Å². The van der Waals surface area contributed by atoms with Crippen LogP contribution in [0.3, 0.4) is 0 Å². The van der Waals surface area contributed by atoms with Gasteiger partial charge < -0.3 is 10.1 Å². The van der Waals surface area contributed by atoms with Gasteiger partial charge in [-0.05, 0) is 38.3 Å². The number of aromatic nitrogens is 4. The van der Waals surface area contributed by atoms with Crippen LogP contribution in [0.4, 0.5) is 0 Å². The van der Waals surface area contributed by atoms with Crippen molar-refractivity contribution in [3.63, 3.8) is 0 Å². The van der Waals surface area contributed by atoms with Crippen molar-refractivity contribution >= 4 is 11.5 Å². The highest BCUT2D eigenvalue weighted by Crippen LogP contribution is 2.31. The van der Waals surface area contributed by atoms with Crippen LogP contribution < -0.4 is 10.1 Å². The van der Waals surface area contributed by atoms with Crippen molar-refractivity contribution in [3.05, 3.63) is 23.0 Å². The summed E-state index contributed by atoms with van der Waals surface area (Å²) in [4.78, 5) is 0. The monoisotopic (exact) mass is 295 g/mol. The van der Waals surface area contributed by atoms with Gasteiger partial charge in [-0.1, -0.05) is 11.4 Å². The van der Waals surface area contributed by atoms with E-state index >= 15 is 0 Å². The van der Waals surface area contributed by atoms with Gasteiger partial charge in [0.2, 0.25) is 0 Å². The molecule has 6 nitrogen and oxygen atoms in total. The molecule has 2 aromatic rings. The van der Waals surface area contributed by atoms with Gasteiger partial charge in [0.05, 0.1) is 25.0 Å². The molecule has 0 radical (unpaired) electrons. The van der Waals surface area contributed by atoms with E-state index in [1.54, 1.807) is 13.3 Å². The molecule has 20 heavy (non-hydrogen) atoms. The molecule has 1 N–H and O–H groups in total. The van der Waals surface area contributed by atoms with E-state index in [0.29, 0.717) is 0 Å². The average Bonchev–Trinajstić information content (AvgIpc) is 3.08. The SMILES string of the molecule is CCCNC(c1csnn1)c1c(OC)cnn1C(C)C. The lowest BCUT2D eigenvalue weighted by atomic mass is 10.1. The second kappa shape index (κ2) is 6.81. The first-order valence-corrected chi connectivity index (χ1v) is 7.64. The predicted molar refractivity (Wildman–Crippen MR) is 79.2 cm³/mol. The molecule has 0 saturated heterocycles. The maximum atomic E-state index is 5.47. The van der Waals surface area contributed by atoms with E-state index in [4.69, 9.17) is 4.74 Å². The molecule has 1 atom stereocenters. The quantitative estimate of drug-likeness (QED) is 0.850. The molecule has 0 fully saturated rings. The highest BCUT2D eigenvalue weighted by molar-refractivity contribution is 7.03. The van der Waals surface area contributed by atoms with Gasteiger partial charge in [-0.3, -0.25) is 4.68 Å². The molecule has 0 aliphatic carbocycles. The van der Waals surface area contributed by atoms with Crippen molar-refractivity contribution in [1.82, 2.24) is 24.7 Å². The molecule has 2 aromatic heterocycles. The number of hydrogen-bond donors (Lipinski definition) is 1. The molecule has 0 aromatic carbocycles. The third kappa shape index (κ3) is 2.99. The second-order valence-corrected chi connectivity index (χ2v) is 5.46. The topological polar surface area (TPSA) is 64.9 Å². The van der Waals surface area contributed by atoms with E-state index in [9.17, 15) is 0 Å². The molecule has 2 rings (SSSR count). The third-order valence-electron chi connectivity index (χ3n) is 3.05. The summed E-state index contributed by atoms with van der Waals surface area (Å²) in [6.45, 7) is 7.24. The highest BCUT2D eigenvalue weighted by Gasteiger charge is 2.26. The standard InChI is InChI=1S/C13H21N5OS/c1-5-6-14-12(10-8-20-17-16-10)13-11(19-4)7-15-18(13)9(2)3/h7-9,12,14H,5-6H2,1-4H3. The third-order valence-corrected chi connectivity index (χ3v) is 3.58. The van der Waals surface area contributed by atoms with Crippen molar-refractivity contribution in [2.24, 2.45) is 0 Å². The van der Waals surface area contributed by atoms with E-state index in [1.165, 1.54) is 11.5 Å². The minimum Gasteiger partial charge on any atom is -0.493 e. The summed E-state index contributed by atoms with van der Waals surface area (Å²) in [5.41, 5.74) is 1.91. The average molecular weight is 295 g/mol. The first kappa shape index (κ1) is 14.9. The fraction of sp³-hybridized carbons (Fsp3) is 0.615. The Balaban J connectivity index is 2.44.